The van der Waals surface area contributed by atoms with Crippen LogP contribution in [0, 0.1) is 0 Å². The van der Waals surface area contributed by atoms with Gasteiger partial charge in [-0.3, -0.25) is 0 Å². The van der Waals surface area contributed by atoms with Gasteiger partial charge in [-0.25, -0.2) is 0 Å². The highest BCUT2D eigenvalue weighted by molar-refractivity contribution is 5.33. The van der Waals surface area contributed by atoms with Crippen molar-refractivity contribution in [2.75, 3.05) is 7.05 Å². The van der Waals surface area contributed by atoms with Gasteiger partial charge in [0.05, 0.1) is 5.56 Å². The molecule has 0 bridgehead atoms. The first-order valence-corrected chi connectivity index (χ1v) is 5.75. The number of halogens is 3. The minimum atomic E-state index is -4.28. The van der Waals surface area contributed by atoms with E-state index in [0.29, 0.717) is 5.56 Å². The molecule has 96 valence electrons. The van der Waals surface area contributed by atoms with Crippen LogP contribution < -0.4 is 5.32 Å². The van der Waals surface area contributed by atoms with Crippen LogP contribution in [0.25, 0.3) is 0 Å². The minimum Gasteiger partial charge on any atom is -0.316 e. The quantitative estimate of drug-likeness (QED) is 0.850. The Bertz CT molecular complexity index is 356. The summed E-state index contributed by atoms with van der Waals surface area (Å²) in [4.78, 5) is 0. The topological polar surface area (TPSA) is 12.0 Å². The molecule has 0 heterocycles. The van der Waals surface area contributed by atoms with E-state index in [1.807, 2.05) is 13.8 Å². The first kappa shape index (κ1) is 14.0. The number of nitrogens with one attached hydrogen (secondary N) is 1. The summed E-state index contributed by atoms with van der Waals surface area (Å²) < 4.78 is 38.6. The van der Waals surface area contributed by atoms with Gasteiger partial charge in [0.15, 0.2) is 0 Å². The molecule has 0 saturated carbocycles. The summed E-state index contributed by atoms with van der Waals surface area (Å²) in [6.45, 7) is 3.79. The van der Waals surface area contributed by atoms with Crippen molar-refractivity contribution < 1.29 is 13.2 Å². The molecule has 0 saturated heterocycles. The number of benzene rings is 1. The van der Waals surface area contributed by atoms with E-state index in [0.717, 1.165) is 12.5 Å². The Kier molecular flexibility index (Phi) is 4.57. The summed E-state index contributed by atoms with van der Waals surface area (Å²) in [7, 11) is 1.78. The standard InChI is InChI=1S/C13H18F3N/c1-4-12(17-3)9(2)10-7-5-6-8-11(10)13(14,15)16/h5-9,12,17H,4H2,1-3H3. The molecular weight excluding hydrogens is 227 g/mol. The number of likely N-dealkylation sites (N-methyl/N-ethyl adjacent to an activating group) is 1. The molecule has 2 unspecified atom stereocenters. The third-order valence-electron chi connectivity index (χ3n) is 3.17. The van der Waals surface area contributed by atoms with E-state index in [9.17, 15) is 13.2 Å². The van der Waals surface area contributed by atoms with Gasteiger partial charge in [0, 0.05) is 6.04 Å². The van der Waals surface area contributed by atoms with Gasteiger partial charge in [-0.05, 0) is 31.0 Å². The molecule has 0 aromatic heterocycles. The maximum Gasteiger partial charge on any atom is 0.416 e. The third kappa shape index (κ3) is 3.22. The Morgan fingerprint density at radius 3 is 2.29 bits per heavy atom. The van der Waals surface area contributed by atoms with E-state index in [-0.39, 0.29) is 12.0 Å². The lowest BCUT2D eigenvalue weighted by Gasteiger charge is -2.25. The Morgan fingerprint density at radius 1 is 1.24 bits per heavy atom. The summed E-state index contributed by atoms with van der Waals surface area (Å²) in [5.74, 6) is -0.164. The Hall–Kier alpha value is -1.03. The first-order chi connectivity index (χ1) is 7.91. The summed E-state index contributed by atoms with van der Waals surface area (Å²) in [6.07, 6.45) is -3.49. The lowest BCUT2D eigenvalue weighted by atomic mass is 9.88. The first-order valence-electron chi connectivity index (χ1n) is 5.75. The molecule has 0 aliphatic heterocycles. The predicted octanol–water partition coefficient (Wildman–Crippen LogP) is 3.81. The van der Waals surface area contributed by atoms with Crippen molar-refractivity contribution in [3.05, 3.63) is 35.4 Å². The average Bonchev–Trinajstić information content (AvgIpc) is 2.29. The second kappa shape index (κ2) is 5.54. The van der Waals surface area contributed by atoms with Crippen LogP contribution in [-0.2, 0) is 6.18 Å². The molecule has 0 radical (unpaired) electrons. The Labute approximate surface area is 100 Å². The van der Waals surface area contributed by atoms with E-state index < -0.39 is 11.7 Å². The van der Waals surface area contributed by atoms with Crippen LogP contribution >= 0.6 is 0 Å². The molecule has 0 aliphatic carbocycles. The summed E-state index contributed by atoms with van der Waals surface area (Å²) in [6, 6.07) is 5.85. The normalized spacial score (nSPS) is 15.6. The maximum absolute atomic E-state index is 12.9. The van der Waals surface area contributed by atoms with Gasteiger partial charge in [-0.1, -0.05) is 32.0 Å². The third-order valence-corrected chi connectivity index (χ3v) is 3.17. The number of alkyl halides is 3. The van der Waals surface area contributed by atoms with Crippen molar-refractivity contribution >= 4 is 0 Å². The lowest BCUT2D eigenvalue weighted by molar-refractivity contribution is -0.138. The highest BCUT2D eigenvalue weighted by Gasteiger charge is 2.35. The molecule has 0 spiro atoms. The molecule has 17 heavy (non-hydrogen) atoms. The van der Waals surface area contributed by atoms with Crippen LogP contribution in [0.5, 0.6) is 0 Å². The van der Waals surface area contributed by atoms with Crippen molar-refractivity contribution in [1.29, 1.82) is 0 Å². The number of rotatable bonds is 4. The maximum atomic E-state index is 12.9. The molecule has 1 nitrogen and oxygen atoms in total. The smallest absolute Gasteiger partial charge is 0.316 e. The van der Waals surface area contributed by atoms with Crippen molar-refractivity contribution in [1.82, 2.24) is 5.32 Å². The molecule has 1 aromatic rings. The molecule has 0 aliphatic rings. The van der Waals surface area contributed by atoms with Crippen molar-refractivity contribution in [2.24, 2.45) is 0 Å². The number of hydrogen-bond acceptors (Lipinski definition) is 1. The van der Waals surface area contributed by atoms with E-state index in [4.69, 9.17) is 0 Å². The second-order valence-corrected chi connectivity index (χ2v) is 4.18. The van der Waals surface area contributed by atoms with Gasteiger partial charge < -0.3 is 5.32 Å². The van der Waals surface area contributed by atoms with E-state index >= 15 is 0 Å². The zero-order valence-electron chi connectivity index (χ0n) is 10.3. The summed E-state index contributed by atoms with van der Waals surface area (Å²) >= 11 is 0. The highest BCUT2D eigenvalue weighted by Crippen LogP contribution is 2.36. The summed E-state index contributed by atoms with van der Waals surface area (Å²) in [5.41, 5.74) is -0.164. The lowest BCUT2D eigenvalue weighted by Crippen LogP contribution is -2.31. The van der Waals surface area contributed by atoms with E-state index in [2.05, 4.69) is 5.32 Å². The monoisotopic (exact) mass is 245 g/mol. The van der Waals surface area contributed by atoms with Crippen LogP contribution in [0.3, 0.4) is 0 Å². The van der Waals surface area contributed by atoms with Gasteiger partial charge >= 0.3 is 6.18 Å². The molecule has 0 fully saturated rings. The molecular formula is C13H18F3N. The molecule has 4 heteroatoms. The summed E-state index contributed by atoms with van der Waals surface area (Å²) in [5, 5.41) is 3.06. The van der Waals surface area contributed by atoms with Gasteiger partial charge in [0.25, 0.3) is 0 Å². The fourth-order valence-electron chi connectivity index (χ4n) is 2.18. The molecule has 0 amide bonds. The minimum absolute atomic E-state index is 0.0542. The van der Waals surface area contributed by atoms with Crippen molar-refractivity contribution in [3.63, 3.8) is 0 Å². The van der Waals surface area contributed by atoms with E-state index in [1.54, 1.807) is 19.2 Å². The molecule has 1 rings (SSSR count). The fourth-order valence-corrected chi connectivity index (χ4v) is 2.18. The van der Waals surface area contributed by atoms with Crippen molar-refractivity contribution in [2.45, 2.75) is 38.4 Å². The zero-order valence-corrected chi connectivity index (χ0v) is 10.3. The molecule has 2 atom stereocenters. The van der Waals surface area contributed by atoms with Gasteiger partial charge in [0.1, 0.15) is 0 Å². The largest absolute Gasteiger partial charge is 0.416 e. The van der Waals surface area contributed by atoms with Crippen LogP contribution in [0.1, 0.15) is 37.3 Å². The SMILES string of the molecule is CCC(NC)C(C)c1ccccc1C(F)(F)F. The van der Waals surface area contributed by atoms with Crippen molar-refractivity contribution in [3.8, 4) is 0 Å². The van der Waals surface area contributed by atoms with Gasteiger partial charge in [-0.2, -0.15) is 13.2 Å². The van der Waals surface area contributed by atoms with Crippen LogP contribution in [0.15, 0.2) is 24.3 Å². The van der Waals surface area contributed by atoms with Crippen LogP contribution in [0.4, 0.5) is 13.2 Å². The molecule has 1 N–H and O–H groups in total. The Morgan fingerprint density at radius 2 is 1.82 bits per heavy atom. The van der Waals surface area contributed by atoms with Crippen LogP contribution in [-0.4, -0.2) is 13.1 Å². The molecule has 1 aromatic carbocycles. The highest BCUT2D eigenvalue weighted by atomic mass is 19.4. The van der Waals surface area contributed by atoms with Gasteiger partial charge in [-0.15, -0.1) is 0 Å². The number of hydrogen-bond donors (Lipinski definition) is 1. The average molecular weight is 245 g/mol. The van der Waals surface area contributed by atoms with Crippen LogP contribution in [0.2, 0.25) is 0 Å². The van der Waals surface area contributed by atoms with Gasteiger partial charge in [0.2, 0.25) is 0 Å². The predicted molar refractivity (Wildman–Crippen MR) is 63.0 cm³/mol. The Balaban J connectivity index is 3.13. The zero-order chi connectivity index (χ0) is 13.1. The van der Waals surface area contributed by atoms with E-state index in [1.165, 1.54) is 6.07 Å². The fraction of sp³-hybridized carbons (Fsp3) is 0.538. The second-order valence-electron chi connectivity index (χ2n) is 4.18.